The van der Waals surface area contributed by atoms with Crippen LogP contribution in [0.5, 0.6) is 0 Å². The van der Waals surface area contributed by atoms with E-state index >= 15 is 0 Å². The number of nitrogen functional groups attached to an aromatic ring is 1. The maximum Gasteiger partial charge on any atom is 0.227 e. The summed E-state index contributed by atoms with van der Waals surface area (Å²) in [4.78, 5) is 26.3. The van der Waals surface area contributed by atoms with Crippen LogP contribution in [0.3, 0.4) is 0 Å². The van der Waals surface area contributed by atoms with E-state index in [0.29, 0.717) is 49.3 Å². The smallest absolute Gasteiger partial charge is 0.227 e. The Morgan fingerprint density at radius 2 is 2.17 bits per heavy atom. The highest BCUT2D eigenvalue weighted by Gasteiger charge is 2.47. The van der Waals surface area contributed by atoms with Gasteiger partial charge in [0.1, 0.15) is 5.82 Å². The standard InChI is InChI=1S/C21H34N6O2/c1-14-10-24-21(25-20(14)22)26-12-15-9-16(13-26)18(11-23-19(28)6-8-29-2)27-7-4-3-5-17(15)27/h10,15-18H,3-9,11-13H2,1-2H3,(H,23,28)(H2,22,24,25)/t15-,16+,17+,18+/m1/s1. The summed E-state index contributed by atoms with van der Waals surface area (Å²) in [5.74, 6) is 2.50. The molecule has 4 heterocycles. The molecule has 8 nitrogen and oxygen atoms in total. The quantitative estimate of drug-likeness (QED) is 0.738. The lowest BCUT2D eigenvalue weighted by Gasteiger charge is -2.56. The topological polar surface area (TPSA) is 96.6 Å². The van der Waals surface area contributed by atoms with Crippen LogP contribution in [0.4, 0.5) is 11.8 Å². The zero-order valence-corrected chi connectivity index (χ0v) is 17.6. The van der Waals surface area contributed by atoms with Gasteiger partial charge in [0, 0.05) is 57.0 Å². The Balaban J connectivity index is 1.50. The van der Waals surface area contributed by atoms with E-state index in [1.165, 1.54) is 25.7 Å². The van der Waals surface area contributed by atoms with E-state index in [0.717, 1.165) is 31.1 Å². The van der Waals surface area contributed by atoms with E-state index in [-0.39, 0.29) is 5.91 Å². The zero-order chi connectivity index (χ0) is 20.4. The second-order valence-electron chi connectivity index (χ2n) is 8.81. The van der Waals surface area contributed by atoms with Gasteiger partial charge in [-0.2, -0.15) is 4.98 Å². The molecule has 3 N–H and O–H groups in total. The number of nitrogens with one attached hydrogen (secondary N) is 1. The zero-order valence-electron chi connectivity index (χ0n) is 17.6. The van der Waals surface area contributed by atoms with Crippen molar-refractivity contribution in [3.63, 3.8) is 0 Å². The molecule has 3 fully saturated rings. The molecule has 0 unspecified atom stereocenters. The molecule has 4 atom stereocenters. The van der Waals surface area contributed by atoms with Crippen molar-refractivity contribution in [2.24, 2.45) is 11.8 Å². The fraction of sp³-hybridized carbons (Fsp3) is 0.762. The van der Waals surface area contributed by atoms with E-state index in [1.54, 1.807) is 7.11 Å². The number of hydrogen-bond acceptors (Lipinski definition) is 7. The Morgan fingerprint density at radius 1 is 1.34 bits per heavy atom. The van der Waals surface area contributed by atoms with Gasteiger partial charge in [-0.25, -0.2) is 4.98 Å². The van der Waals surface area contributed by atoms with Crippen LogP contribution in [-0.4, -0.2) is 72.8 Å². The van der Waals surface area contributed by atoms with Gasteiger partial charge in [-0.3, -0.25) is 9.69 Å². The molecular weight excluding hydrogens is 368 g/mol. The van der Waals surface area contributed by atoms with Gasteiger partial charge in [-0.1, -0.05) is 6.42 Å². The summed E-state index contributed by atoms with van der Waals surface area (Å²) in [6.07, 6.45) is 7.26. The molecule has 0 spiro atoms. The Hall–Kier alpha value is -1.93. The minimum absolute atomic E-state index is 0.0739. The van der Waals surface area contributed by atoms with Crippen molar-refractivity contribution in [3.8, 4) is 0 Å². The van der Waals surface area contributed by atoms with Crippen LogP contribution in [0.15, 0.2) is 6.20 Å². The number of aryl methyl sites for hydroxylation is 1. The number of hydrogen-bond donors (Lipinski definition) is 2. The molecule has 1 aromatic rings. The van der Waals surface area contributed by atoms with Crippen molar-refractivity contribution >= 4 is 17.7 Å². The number of anilines is 2. The SMILES string of the molecule is COCCC(=O)NC[C@H]1[C@H]2C[C@H](CN(c3ncc(C)c(N)n3)C2)[C@@H]2CCCCN21. The number of methoxy groups -OCH3 is 1. The van der Waals surface area contributed by atoms with Crippen LogP contribution < -0.4 is 16.0 Å². The summed E-state index contributed by atoms with van der Waals surface area (Å²) in [6.45, 7) is 6.17. The summed E-state index contributed by atoms with van der Waals surface area (Å²) in [5.41, 5.74) is 6.97. The van der Waals surface area contributed by atoms with Crippen molar-refractivity contribution in [2.75, 3.05) is 50.5 Å². The van der Waals surface area contributed by atoms with Crippen LogP contribution in [0, 0.1) is 18.8 Å². The van der Waals surface area contributed by atoms with Gasteiger partial charge >= 0.3 is 0 Å². The second-order valence-corrected chi connectivity index (χ2v) is 8.81. The number of rotatable bonds is 6. The number of fused-ring (bicyclic) bond motifs is 4. The number of nitrogens with two attached hydrogens (primary N) is 1. The predicted octanol–water partition coefficient (Wildman–Crippen LogP) is 1.20. The van der Waals surface area contributed by atoms with E-state index in [2.05, 4.69) is 25.1 Å². The molecule has 8 heteroatoms. The lowest BCUT2D eigenvalue weighted by atomic mass is 9.72. The minimum atomic E-state index is 0.0739. The Morgan fingerprint density at radius 3 is 2.97 bits per heavy atom. The van der Waals surface area contributed by atoms with Gasteiger partial charge in [-0.15, -0.1) is 0 Å². The first-order valence-corrected chi connectivity index (χ1v) is 10.9. The Kier molecular flexibility index (Phi) is 6.20. The number of carbonyl (C=O) groups excluding carboxylic acids is 1. The van der Waals surface area contributed by atoms with Gasteiger partial charge in [0.25, 0.3) is 0 Å². The molecule has 0 radical (unpaired) electrons. The highest BCUT2D eigenvalue weighted by molar-refractivity contribution is 5.76. The average Bonchev–Trinajstić information content (AvgIpc) is 2.74. The molecule has 2 bridgehead atoms. The van der Waals surface area contributed by atoms with Crippen LogP contribution in [0.25, 0.3) is 0 Å². The fourth-order valence-corrected chi connectivity index (χ4v) is 5.45. The highest BCUT2D eigenvalue weighted by Crippen LogP contribution is 2.41. The van der Waals surface area contributed by atoms with Crippen molar-refractivity contribution in [1.29, 1.82) is 0 Å². The third-order valence-corrected chi connectivity index (χ3v) is 6.94. The maximum absolute atomic E-state index is 12.2. The molecule has 3 aliphatic heterocycles. The Labute approximate surface area is 173 Å². The molecule has 160 valence electrons. The molecule has 3 saturated heterocycles. The van der Waals surface area contributed by atoms with Crippen molar-refractivity contribution in [2.45, 2.75) is 51.1 Å². The van der Waals surface area contributed by atoms with E-state index in [4.69, 9.17) is 10.5 Å². The van der Waals surface area contributed by atoms with Gasteiger partial charge in [0.05, 0.1) is 6.61 Å². The van der Waals surface area contributed by atoms with Crippen molar-refractivity contribution in [1.82, 2.24) is 20.2 Å². The molecule has 0 aliphatic carbocycles. The van der Waals surface area contributed by atoms with E-state index in [1.807, 2.05) is 13.1 Å². The molecule has 0 aromatic carbocycles. The summed E-state index contributed by atoms with van der Waals surface area (Å²) >= 11 is 0. The van der Waals surface area contributed by atoms with Gasteiger partial charge in [-0.05, 0) is 44.6 Å². The van der Waals surface area contributed by atoms with Crippen LogP contribution in [0.2, 0.25) is 0 Å². The molecule has 4 rings (SSSR count). The summed E-state index contributed by atoms with van der Waals surface area (Å²) < 4.78 is 5.03. The monoisotopic (exact) mass is 402 g/mol. The van der Waals surface area contributed by atoms with Crippen molar-refractivity contribution < 1.29 is 9.53 Å². The van der Waals surface area contributed by atoms with Crippen LogP contribution >= 0.6 is 0 Å². The Bertz CT molecular complexity index is 729. The maximum atomic E-state index is 12.2. The largest absolute Gasteiger partial charge is 0.384 e. The minimum Gasteiger partial charge on any atom is -0.384 e. The third kappa shape index (κ3) is 4.33. The molecule has 1 amide bonds. The number of amides is 1. The van der Waals surface area contributed by atoms with Crippen molar-refractivity contribution in [3.05, 3.63) is 11.8 Å². The number of piperidine rings is 3. The number of nitrogens with zero attached hydrogens (tertiary/aromatic N) is 4. The molecule has 29 heavy (non-hydrogen) atoms. The lowest BCUT2D eigenvalue weighted by molar-refractivity contribution is -0.122. The normalized spacial score (nSPS) is 29.4. The van der Waals surface area contributed by atoms with E-state index < -0.39 is 0 Å². The van der Waals surface area contributed by atoms with Gasteiger partial charge < -0.3 is 20.7 Å². The summed E-state index contributed by atoms with van der Waals surface area (Å²) in [7, 11) is 1.63. The molecule has 0 saturated carbocycles. The lowest BCUT2D eigenvalue weighted by Crippen LogP contribution is -2.66. The average molecular weight is 403 g/mol. The predicted molar refractivity (Wildman–Crippen MR) is 113 cm³/mol. The number of aromatic nitrogens is 2. The number of ether oxygens (including phenoxy) is 1. The first kappa shape index (κ1) is 20.3. The summed E-state index contributed by atoms with van der Waals surface area (Å²) in [6, 6.07) is 0.958. The summed E-state index contributed by atoms with van der Waals surface area (Å²) in [5, 5.41) is 3.16. The first-order chi connectivity index (χ1) is 14.1. The highest BCUT2D eigenvalue weighted by atomic mass is 16.5. The fourth-order valence-electron chi connectivity index (χ4n) is 5.45. The van der Waals surface area contributed by atoms with E-state index in [9.17, 15) is 4.79 Å². The molecular formula is C21H34N6O2. The first-order valence-electron chi connectivity index (χ1n) is 10.9. The van der Waals surface area contributed by atoms with Gasteiger partial charge in [0.2, 0.25) is 11.9 Å². The number of carbonyl (C=O) groups is 1. The van der Waals surface area contributed by atoms with Crippen LogP contribution in [-0.2, 0) is 9.53 Å². The van der Waals surface area contributed by atoms with Gasteiger partial charge in [0.15, 0.2) is 0 Å². The third-order valence-electron chi connectivity index (χ3n) is 6.94. The van der Waals surface area contributed by atoms with Crippen LogP contribution in [0.1, 0.15) is 37.7 Å². The molecule has 3 aliphatic rings. The molecule has 1 aromatic heterocycles. The second kappa shape index (κ2) is 8.83.